The lowest BCUT2D eigenvalue weighted by Crippen LogP contribution is -2.66. The van der Waals surface area contributed by atoms with E-state index in [0.29, 0.717) is 0 Å². The average molecular weight is 419 g/mol. The summed E-state index contributed by atoms with van der Waals surface area (Å²) in [5.41, 5.74) is 3.58. The molecule has 1 aliphatic heterocycles. The van der Waals surface area contributed by atoms with Gasteiger partial charge in [-0.25, -0.2) is 0 Å². The molecule has 0 radical (unpaired) electrons. The molecule has 0 spiro atoms. The average Bonchev–Trinajstić information content (AvgIpc) is 3.42. The van der Waals surface area contributed by atoms with Crippen molar-refractivity contribution < 1.29 is 0 Å². The minimum absolute atomic E-state index is 0.600. The van der Waals surface area contributed by atoms with Gasteiger partial charge in [0.1, 0.15) is 17.9 Å². The summed E-state index contributed by atoms with van der Waals surface area (Å²) in [4.78, 5) is 0. The first kappa shape index (κ1) is 20.3. The van der Waals surface area contributed by atoms with Crippen LogP contribution >= 0.6 is 0 Å². The van der Waals surface area contributed by atoms with Crippen LogP contribution in [0, 0.1) is 0 Å². The van der Waals surface area contributed by atoms with Crippen LogP contribution in [0.2, 0.25) is 11.3 Å². The Balaban J connectivity index is 1.25. The zero-order valence-electron chi connectivity index (χ0n) is 18.5. The lowest BCUT2D eigenvalue weighted by molar-refractivity contribution is 0.187. The topological polar surface area (TPSA) is 6.48 Å². The molecule has 28 heavy (non-hydrogen) atoms. The lowest BCUT2D eigenvalue weighted by atomic mass is 9.94. The maximum Gasteiger partial charge on any atom is 0.109 e. The van der Waals surface area contributed by atoms with Crippen molar-refractivity contribution in [3.63, 3.8) is 0 Å². The van der Waals surface area contributed by atoms with Gasteiger partial charge in [0.05, 0.1) is 0 Å². The third-order valence-electron chi connectivity index (χ3n) is 9.42. The second-order valence-corrected chi connectivity index (χ2v) is 18.7. The molecule has 5 fully saturated rings. The summed E-state index contributed by atoms with van der Waals surface area (Å²) in [6.45, 7) is 0. The van der Waals surface area contributed by atoms with Crippen LogP contribution in [-0.4, -0.2) is 51.2 Å². The van der Waals surface area contributed by atoms with Crippen molar-refractivity contribution in [2.45, 2.75) is 151 Å². The Morgan fingerprint density at radius 1 is 0.357 bits per heavy atom. The zero-order valence-corrected chi connectivity index (χ0v) is 20.8. The molecule has 0 aromatic rings. The van der Waals surface area contributed by atoms with Crippen molar-refractivity contribution in [1.29, 1.82) is 0 Å². The zero-order chi connectivity index (χ0) is 18.8. The Morgan fingerprint density at radius 2 is 0.607 bits per heavy atom. The monoisotopic (exact) mass is 418 g/mol. The summed E-state index contributed by atoms with van der Waals surface area (Å²) in [5, 5.41) is 0. The quantitative estimate of drug-likeness (QED) is 0.512. The van der Waals surface area contributed by atoms with Gasteiger partial charge in [-0.3, -0.25) is 0 Å². The normalized spacial score (nSPS) is 34.5. The molecule has 1 saturated heterocycles. The van der Waals surface area contributed by atoms with Crippen molar-refractivity contribution in [2.24, 2.45) is 0 Å². The van der Waals surface area contributed by atoms with Crippen molar-refractivity contribution in [3.05, 3.63) is 0 Å². The van der Waals surface area contributed by atoms with E-state index in [1.165, 1.54) is 64.2 Å². The first-order valence-corrected chi connectivity index (χ1v) is 17.7. The van der Waals surface area contributed by atoms with Crippen LogP contribution in [0.1, 0.15) is 116 Å². The van der Waals surface area contributed by atoms with E-state index in [0.717, 1.165) is 24.2 Å². The van der Waals surface area contributed by atoms with Gasteiger partial charge >= 0.3 is 0 Å². The predicted molar refractivity (Wildman–Crippen MR) is 126 cm³/mol. The molecule has 0 amide bonds. The van der Waals surface area contributed by atoms with Gasteiger partial charge in [-0.1, -0.05) is 64.2 Å². The first-order chi connectivity index (χ1) is 13.9. The molecule has 4 aliphatic carbocycles. The highest BCUT2D eigenvalue weighted by molar-refractivity contribution is 6.92. The van der Waals surface area contributed by atoms with Gasteiger partial charge in [0.15, 0.2) is 0 Å². The van der Waals surface area contributed by atoms with Crippen LogP contribution in [0.3, 0.4) is 0 Å². The Labute approximate surface area is 178 Å². The number of nitrogens with zero attached hydrogens (tertiary/aromatic N) is 2. The molecular formula is C24H46N2Si2. The minimum atomic E-state index is -0.600. The molecule has 4 heteroatoms. The summed E-state index contributed by atoms with van der Waals surface area (Å²) in [5.74, 6) is 0. The van der Waals surface area contributed by atoms with Gasteiger partial charge in [0.2, 0.25) is 0 Å². The maximum absolute atomic E-state index is 3.31. The van der Waals surface area contributed by atoms with Crippen molar-refractivity contribution in [3.8, 4) is 0 Å². The van der Waals surface area contributed by atoms with E-state index < -0.39 is 17.9 Å². The second-order valence-electron chi connectivity index (χ2n) is 11.1. The Hall–Kier alpha value is 0.354. The van der Waals surface area contributed by atoms with Gasteiger partial charge in [-0.15, -0.1) is 0 Å². The Morgan fingerprint density at radius 3 is 0.893 bits per heavy atom. The van der Waals surface area contributed by atoms with Crippen LogP contribution in [0.25, 0.3) is 0 Å². The summed E-state index contributed by atoms with van der Waals surface area (Å²) < 4.78 is 6.62. The van der Waals surface area contributed by atoms with Crippen LogP contribution in [0.15, 0.2) is 0 Å². The molecule has 160 valence electrons. The highest BCUT2D eigenvalue weighted by atomic mass is 28.4. The van der Waals surface area contributed by atoms with Crippen molar-refractivity contribution >= 4 is 17.9 Å². The van der Waals surface area contributed by atoms with Crippen molar-refractivity contribution in [1.82, 2.24) is 9.13 Å². The van der Waals surface area contributed by atoms with Crippen LogP contribution < -0.4 is 0 Å². The van der Waals surface area contributed by atoms with Gasteiger partial charge in [-0.05, 0) is 62.7 Å². The third kappa shape index (κ3) is 4.36. The van der Waals surface area contributed by atoms with E-state index in [1.54, 1.807) is 62.7 Å². The highest BCUT2D eigenvalue weighted by Crippen LogP contribution is 2.41. The van der Waals surface area contributed by atoms with Gasteiger partial charge in [0.25, 0.3) is 0 Å². The first-order valence-electron chi connectivity index (χ1n) is 13.4. The fourth-order valence-corrected chi connectivity index (χ4v) is 19.9. The summed E-state index contributed by atoms with van der Waals surface area (Å²) >= 11 is 0. The lowest BCUT2D eigenvalue weighted by Gasteiger charge is -2.54. The van der Waals surface area contributed by atoms with Crippen LogP contribution in [-0.2, 0) is 0 Å². The smallest absolute Gasteiger partial charge is 0.109 e. The van der Waals surface area contributed by atoms with Gasteiger partial charge in [-0.2, -0.15) is 0 Å². The largest absolute Gasteiger partial charge is 0.321 e. The van der Waals surface area contributed by atoms with E-state index in [9.17, 15) is 0 Å². The molecule has 5 aliphatic rings. The predicted octanol–water partition coefficient (Wildman–Crippen LogP) is 5.68. The summed E-state index contributed by atoms with van der Waals surface area (Å²) in [6.07, 6.45) is 27.8. The maximum atomic E-state index is 3.31. The van der Waals surface area contributed by atoms with E-state index in [4.69, 9.17) is 0 Å². The molecule has 1 heterocycles. The molecule has 0 aromatic heterocycles. The summed E-state index contributed by atoms with van der Waals surface area (Å²) in [7, 11) is -1.20. The van der Waals surface area contributed by atoms with E-state index in [-0.39, 0.29) is 0 Å². The minimum Gasteiger partial charge on any atom is -0.321 e. The summed E-state index contributed by atoms with van der Waals surface area (Å²) in [6, 6.07) is 4.12. The van der Waals surface area contributed by atoms with Gasteiger partial charge < -0.3 is 9.13 Å². The fraction of sp³-hybridized carbons (Fsp3) is 1.00. The van der Waals surface area contributed by atoms with Crippen LogP contribution in [0.4, 0.5) is 0 Å². The van der Waals surface area contributed by atoms with Gasteiger partial charge in [0, 0.05) is 24.2 Å². The number of hydrogen-bond acceptors (Lipinski definition) is 2. The second kappa shape index (κ2) is 9.66. The van der Waals surface area contributed by atoms with E-state index in [1.807, 2.05) is 0 Å². The van der Waals surface area contributed by atoms with E-state index in [2.05, 4.69) is 9.13 Å². The molecule has 4 saturated carbocycles. The molecule has 0 bridgehead atoms. The highest BCUT2D eigenvalue weighted by Gasteiger charge is 2.47. The van der Waals surface area contributed by atoms with Crippen molar-refractivity contribution in [2.75, 3.05) is 0 Å². The number of rotatable bonds is 6. The van der Waals surface area contributed by atoms with E-state index >= 15 is 0 Å². The molecule has 2 nitrogen and oxygen atoms in total. The molecule has 0 aromatic carbocycles. The Kier molecular flexibility index (Phi) is 6.99. The Bertz CT molecular complexity index is 429. The molecule has 5 rings (SSSR count). The third-order valence-corrected chi connectivity index (χ3v) is 21.5. The molecule has 0 atom stereocenters. The number of hydrogen-bond donors (Lipinski definition) is 0. The molecule has 0 N–H and O–H groups in total. The SMILES string of the molecule is C1CCC(N(C2CCCC2)[SiH]2C[SiH](N(C3CCCCC3)C3CCCC3)C2)CC1. The molecular weight excluding hydrogens is 372 g/mol. The van der Waals surface area contributed by atoms with Crippen LogP contribution in [0.5, 0.6) is 0 Å². The standard InChI is InChI=1S/C24H46N2Si2/c1-3-11-21(12-4-1)25(23-15-7-8-16-23)27-19-28(20-27)26(24-17-9-10-18-24)22-13-5-2-6-14-22/h21-24,27-28H,1-20H2. The fourth-order valence-electron chi connectivity index (χ4n) is 8.00. The molecule has 0 unspecified atom stereocenters.